The van der Waals surface area contributed by atoms with E-state index in [-0.39, 0.29) is 5.91 Å². The average Bonchev–Trinajstić information content (AvgIpc) is 2.53. The number of halogens is 1. The van der Waals surface area contributed by atoms with Gasteiger partial charge in [0.15, 0.2) is 0 Å². The second kappa shape index (κ2) is 7.98. The van der Waals surface area contributed by atoms with E-state index in [9.17, 15) is 4.79 Å². The molecule has 2 aromatic carbocycles. The zero-order valence-corrected chi connectivity index (χ0v) is 14.4. The Morgan fingerprint density at radius 2 is 1.87 bits per heavy atom. The zero-order valence-electron chi connectivity index (χ0n) is 13.7. The fraction of sp³-hybridized carbons (Fsp3) is 0.250. The van der Waals surface area contributed by atoms with E-state index in [0.29, 0.717) is 10.6 Å². The third kappa shape index (κ3) is 4.46. The van der Waals surface area contributed by atoms with Crippen molar-refractivity contribution in [1.82, 2.24) is 0 Å². The summed E-state index contributed by atoms with van der Waals surface area (Å²) in [7, 11) is 0. The highest BCUT2D eigenvalue weighted by molar-refractivity contribution is 6.35. The summed E-state index contributed by atoms with van der Waals surface area (Å²) in [5.74, 6) is -0.213. The van der Waals surface area contributed by atoms with E-state index in [1.54, 1.807) is 6.07 Å². The summed E-state index contributed by atoms with van der Waals surface area (Å²) < 4.78 is 0. The lowest BCUT2D eigenvalue weighted by atomic mass is 10.0. The van der Waals surface area contributed by atoms with Crippen molar-refractivity contribution in [2.45, 2.75) is 33.1 Å². The van der Waals surface area contributed by atoms with Crippen LogP contribution < -0.4 is 5.32 Å². The van der Waals surface area contributed by atoms with Crippen molar-refractivity contribution in [3.05, 3.63) is 70.8 Å². The molecule has 2 nitrogen and oxygen atoms in total. The van der Waals surface area contributed by atoms with Crippen LogP contribution in [0.1, 0.15) is 48.2 Å². The Bertz CT molecular complexity index is 704. The number of unbranched alkanes of at least 4 members (excludes halogenated alkanes) is 1. The Kier molecular flexibility index (Phi) is 6.00. The van der Waals surface area contributed by atoms with Crippen molar-refractivity contribution in [3.63, 3.8) is 0 Å². The highest BCUT2D eigenvalue weighted by atomic mass is 35.5. The minimum absolute atomic E-state index is 0.213. The van der Waals surface area contributed by atoms with Gasteiger partial charge in [0.2, 0.25) is 0 Å². The molecule has 0 aromatic heterocycles. The number of amides is 1. The lowest BCUT2D eigenvalue weighted by Gasteiger charge is -2.12. The SMILES string of the molecule is C=C(C)c1cccc(Cl)c1C(=O)Nc1ccc(CCCC)cc1. The monoisotopic (exact) mass is 327 g/mol. The van der Waals surface area contributed by atoms with Crippen LogP contribution in [-0.2, 0) is 6.42 Å². The molecule has 1 N–H and O–H groups in total. The van der Waals surface area contributed by atoms with Gasteiger partial charge in [-0.1, -0.05) is 61.4 Å². The molecule has 0 aliphatic carbocycles. The van der Waals surface area contributed by atoms with E-state index in [1.807, 2.05) is 31.2 Å². The van der Waals surface area contributed by atoms with E-state index in [0.717, 1.165) is 23.2 Å². The molecular weight excluding hydrogens is 306 g/mol. The molecule has 0 saturated heterocycles. The predicted octanol–water partition coefficient (Wildman–Crippen LogP) is 5.97. The fourth-order valence-electron chi connectivity index (χ4n) is 2.44. The number of aryl methyl sites for hydroxylation is 1. The van der Waals surface area contributed by atoms with Gasteiger partial charge in [0.25, 0.3) is 5.91 Å². The van der Waals surface area contributed by atoms with E-state index < -0.39 is 0 Å². The predicted molar refractivity (Wildman–Crippen MR) is 99.2 cm³/mol. The van der Waals surface area contributed by atoms with Crippen LogP contribution in [0.2, 0.25) is 5.02 Å². The van der Waals surface area contributed by atoms with Crippen LogP contribution in [0.25, 0.3) is 5.57 Å². The molecular formula is C20H22ClNO. The van der Waals surface area contributed by atoms with Gasteiger partial charge < -0.3 is 5.32 Å². The van der Waals surface area contributed by atoms with Gasteiger partial charge in [-0.15, -0.1) is 0 Å². The first kappa shape index (κ1) is 17.3. The van der Waals surface area contributed by atoms with Gasteiger partial charge >= 0.3 is 0 Å². The first-order valence-corrected chi connectivity index (χ1v) is 8.25. The Labute approximate surface area is 143 Å². The Hall–Kier alpha value is -2.06. The number of rotatable bonds is 6. The van der Waals surface area contributed by atoms with Crippen LogP contribution in [0.3, 0.4) is 0 Å². The molecule has 2 rings (SSSR count). The second-order valence-corrected chi connectivity index (χ2v) is 6.10. The van der Waals surface area contributed by atoms with Gasteiger partial charge in [0.05, 0.1) is 10.6 Å². The van der Waals surface area contributed by atoms with E-state index >= 15 is 0 Å². The average molecular weight is 328 g/mol. The van der Waals surface area contributed by atoms with Gasteiger partial charge in [-0.3, -0.25) is 4.79 Å². The van der Waals surface area contributed by atoms with Gasteiger partial charge in [0, 0.05) is 5.69 Å². The maximum absolute atomic E-state index is 12.6. The highest BCUT2D eigenvalue weighted by Gasteiger charge is 2.16. The number of carbonyl (C=O) groups is 1. The Morgan fingerprint density at radius 1 is 1.17 bits per heavy atom. The lowest BCUT2D eigenvalue weighted by Crippen LogP contribution is -2.14. The maximum atomic E-state index is 12.6. The minimum atomic E-state index is -0.213. The number of carbonyl (C=O) groups excluding carboxylic acids is 1. The topological polar surface area (TPSA) is 29.1 Å². The molecule has 0 aliphatic rings. The highest BCUT2D eigenvalue weighted by Crippen LogP contribution is 2.26. The Morgan fingerprint density at radius 3 is 2.48 bits per heavy atom. The van der Waals surface area contributed by atoms with Gasteiger partial charge in [0.1, 0.15) is 0 Å². The van der Waals surface area contributed by atoms with Crippen LogP contribution in [0, 0.1) is 0 Å². The van der Waals surface area contributed by atoms with Crippen LogP contribution >= 0.6 is 11.6 Å². The van der Waals surface area contributed by atoms with Gasteiger partial charge in [-0.05, 0) is 49.1 Å². The van der Waals surface area contributed by atoms with Crippen molar-refractivity contribution in [1.29, 1.82) is 0 Å². The molecule has 0 fully saturated rings. The summed E-state index contributed by atoms with van der Waals surface area (Å²) >= 11 is 6.22. The van der Waals surface area contributed by atoms with Crippen molar-refractivity contribution >= 4 is 28.8 Å². The van der Waals surface area contributed by atoms with Crippen molar-refractivity contribution < 1.29 is 4.79 Å². The molecule has 0 radical (unpaired) electrons. The number of allylic oxidation sites excluding steroid dienone is 1. The number of anilines is 1. The van der Waals surface area contributed by atoms with E-state index in [4.69, 9.17) is 11.6 Å². The third-order valence-electron chi connectivity index (χ3n) is 3.73. The third-order valence-corrected chi connectivity index (χ3v) is 4.05. The molecule has 23 heavy (non-hydrogen) atoms. The van der Waals surface area contributed by atoms with Crippen LogP contribution in [0.4, 0.5) is 5.69 Å². The summed E-state index contributed by atoms with van der Waals surface area (Å²) in [6, 6.07) is 13.4. The molecule has 0 bridgehead atoms. The van der Waals surface area contributed by atoms with Gasteiger partial charge in [-0.25, -0.2) is 0 Å². The van der Waals surface area contributed by atoms with Crippen LogP contribution in [0.5, 0.6) is 0 Å². The normalized spacial score (nSPS) is 10.4. The second-order valence-electron chi connectivity index (χ2n) is 5.70. The number of hydrogen-bond donors (Lipinski definition) is 1. The number of nitrogens with one attached hydrogen (secondary N) is 1. The quantitative estimate of drug-likeness (QED) is 0.696. The van der Waals surface area contributed by atoms with Crippen molar-refractivity contribution in [2.75, 3.05) is 5.32 Å². The molecule has 0 heterocycles. The largest absolute Gasteiger partial charge is 0.322 e. The number of benzene rings is 2. The molecule has 0 unspecified atom stereocenters. The van der Waals surface area contributed by atoms with Gasteiger partial charge in [-0.2, -0.15) is 0 Å². The van der Waals surface area contributed by atoms with E-state index in [2.05, 4.69) is 31.0 Å². The molecule has 0 spiro atoms. The Balaban J connectivity index is 2.18. The molecule has 0 aliphatic heterocycles. The summed E-state index contributed by atoms with van der Waals surface area (Å²) in [4.78, 5) is 12.6. The zero-order chi connectivity index (χ0) is 16.8. The van der Waals surface area contributed by atoms with Crippen LogP contribution in [0.15, 0.2) is 49.0 Å². The minimum Gasteiger partial charge on any atom is -0.322 e. The van der Waals surface area contributed by atoms with Crippen LogP contribution in [-0.4, -0.2) is 5.91 Å². The summed E-state index contributed by atoms with van der Waals surface area (Å²) in [5.41, 5.74) is 4.10. The van der Waals surface area contributed by atoms with E-state index in [1.165, 1.54) is 18.4 Å². The standard InChI is InChI=1S/C20H22ClNO/c1-4-5-7-15-10-12-16(13-11-15)22-20(23)19-17(14(2)3)8-6-9-18(19)21/h6,8-13H,2,4-5,7H2,1,3H3,(H,22,23). The summed E-state index contributed by atoms with van der Waals surface area (Å²) in [5, 5.41) is 3.35. The van der Waals surface area contributed by atoms with Crippen molar-refractivity contribution in [2.24, 2.45) is 0 Å². The fourth-order valence-corrected chi connectivity index (χ4v) is 2.70. The maximum Gasteiger partial charge on any atom is 0.257 e. The smallest absolute Gasteiger partial charge is 0.257 e. The molecule has 120 valence electrons. The molecule has 0 atom stereocenters. The number of hydrogen-bond acceptors (Lipinski definition) is 1. The molecule has 1 amide bonds. The molecule has 3 heteroatoms. The van der Waals surface area contributed by atoms with Crippen molar-refractivity contribution in [3.8, 4) is 0 Å². The molecule has 2 aromatic rings. The lowest BCUT2D eigenvalue weighted by molar-refractivity contribution is 0.102. The first-order chi connectivity index (χ1) is 11.0. The summed E-state index contributed by atoms with van der Waals surface area (Å²) in [6.45, 7) is 7.96. The molecule has 0 saturated carbocycles. The first-order valence-electron chi connectivity index (χ1n) is 7.87. The summed E-state index contributed by atoms with van der Waals surface area (Å²) in [6.07, 6.45) is 3.41.